The van der Waals surface area contributed by atoms with E-state index in [9.17, 15) is 5.26 Å². The Morgan fingerprint density at radius 1 is 1.15 bits per heavy atom. The average Bonchev–Trinajstić information content (AvgIpc) is 2.67. The Balaban J connectivity index is 1.85. The maximum Gasteiger partial charge on any atom is 0.136 e. The Hall–Kier alpha value is -3.26. The summed E-state index contributed by atoms with van der Waals surface area (Å²) in [5.74, 6) is 1.72. The van der Waals surface area contributed by atoms with Crippen LogP contribution in [-0.2, 0) is 6.42 Å². The molecule has 5 nitrogen and oxygen atoms in total. The van der Waals surface area contributed by atoms with Crippen molar-refractivity contribution < 1.29 is 4.74 Å². The van der Waals surface area contributed by atoms with Gasteiger partial charge in [0.1, 0.15) is 11.6 Å². The van der Waals surface area contributed by atoms with E-state index in [4.69, 9.17) is 4.74 Å². The molecule has 1 N–H and O–H groups in total. The van der Waals surface area contributed by atoms with Gasteiger partial charge in [-0.3, -0.25) is 0 Å². The molecule has 1 aromatic heterocycles. The van der Waals surface area contributed by atoms with E-state index in [1.54, 1.807) is 7.11 Å². The molecule has 0 aliphatic rings. The number of ether oxygens (including phenoxy) is 1. The fraction of sp³-hybridized carbons (Fsp3) is 0.238. The van der Waals surface area contributed by atoms with Gasteiger partial charge in [-0.15, -0.1) is 0 Å². The molecule has 0 unspecified atom stereocenters. The van der Waals surface area contributed by atoms with E-state index in [2.05, 4.69) is 28.5 Å². The number of rotatable bonds is 6. The number of aromatic nitrogens is 1. The number of nitrogens with one attached hydrogen (secondary N) is 1. The van der Waals surface area contributed by atoms with Gasteiger partial charge in [0.2, 0.25) is 0 Å². The molecule has 0 fully saturated rings. The number of hydrogen-bond acceptors (Lipinski definition) is 5. The number of hydrogen-bond donors (Lipinski definition) is 1. The van der Waals surface area contributed by atoms with Gasteiger partial charge in [0, 0.05) is 31.4 Å². The minimum Gasteiger partial charge on any atom is -0.497 e. The molecule has 0 saturated heterocycles. The molecule has 1 heterocycles. The van der Waals surface area contributed by atoms with E-state index in [0.29, 0.717) is 5.56 Å². The van der Waals surface area contributed by atoms with Gasteiger partial charge in [-0.2, -0.15) is 5.26 Å². The molecule has 26 heavy (non-hydrogen) atoms. The van der Waals surface area contributed by atoms with Gasteiger partial charge in [0.15, 0.2) is 0 Å². The third-order valence-electron chi connectivity index (χ3n) is 4.32. The Labute approximate surface area is 153 Å². The van der Waals surface area contributed by atoms with E-state index in [-0.39, 0.29) is 0 Å². The van der Waals surface area contributed by atoms with Crippen LogP contribution < -0.4 is 15.0 Å². The highest BCUT2D eigenvalue weighted by Crippen LogP contribution is 2.31. The lowest BCUT2D eigenvalue weighted by Gasteiger charge is -2.17. The summed E-state index contributed by atoms with van der Waals surface area (Å²) in [5, 5.41) is 14.9. The lowest BCUT2D eigenvalue weighted by Crippen LogP contribution is -2.12. The zero-order valence-electron chi connectivity index (χ0n) is 15.3. The molecule has 132 valence electrons. The predicted octanol–water partition coefficient (Wildman–Crippen LogP) is 3.84. The highest BCUT2D eigenvalue weighted by Gasteiger charge is 2.12. The van der Waals surface area contributed by atoms with Crippen molar-refractivity contribution in [3.8, 4) is 11.8 Å². The normalized spacial score (nSPS) is 10.4. The number of methoxy groups -OCH3 is 1. The van der Waals surface area contributed by atoms with Crippen molar-refractivity contribution in [1.82, 2.24) is 4.98 Å². The largest absolute Gasteiger partial charge is 0.497 e. The minimum absolute atomic E-state index is 0.653. The first-order chi connectivity index (χ1) is 12.6. The molecule has 0 atom stereocenters. The lowest BCUT2D eigenvalue weighted by atomic mass is 10.0. The fourth-order valence-electron chi connectivity index (χ4n) is 3.01. The first-order valence-corrected chi connectivity index (χ1v) is 8.50. The molecule has 0 bridgehead atoms. The average molecular weight is 346 g/mol. The SMILES string of the molecule is COc1ccc(CCNc2cnc(N(C)C)c3cccc(C#N)c23)cc1. The van der Waals surface area contributed by atoms with Crippen LogP contribution in [0.2, 0.25) is 0 Å². The summed E-state index contributed by atoms with van der Waals surface area (Å²) in [6.45, 7) is 0.754. The van der Waals surface area contributed by atoms with Gasteiger partial charge in [-0.25, -0.2) is 4.98 Å². The van der Waals surface area contributed by atoms with Gasteiger partial charge < -0.3 is 15.0 Å². The Bertz CT molecular complexity index is 943. The van der Waals surface area contributed by atoms with Crippen LogP contribution >= 0.6 is 0 Å². The molecule has 3 aromatic rings. The predicted molar refractivity (Wildman–Crippen MR) is 106 cm³/mol. The van der Waals surface area contributed by atoms with Gasteiger partial charge in [0.25, 0.3) is 0 Å². The zero-order chi connectivity index (χ0) is 18.5. The smallest absolute Gasteiger partial charge is 0.136 e. The maximum atomic E-state index is 9.52. The van der Waals surface area contributed by atoms with E-state index >= 15 is 0 Å². The number of benzene rings is 2. The summed E-state index contributed by atoms with van der Waals surface area (Å²) >= 11 is 0. The second kappa shape index (κ2) is 7.75. The summed E-state index contributed by atoms with van der Waals surface area (Å²) in [6, 6.07) is 16.1. The molecule has 0 aliphatic carbocycles. The van der Waals surface area contributed by atoms with Crippen LogP contribution in [0.3, 0.4) is 0 Å². The molecular formula is C21H22N4O. The topological polar surface area (TPSA) is 61.2 Å². The standard InChI is InChI=1S/C21H22N4O/c1-25(2)21-18-6-4-5-16(13-22)20(18)19(14-24-21)23-12-11-15-7-9-17(26-3)10-8-15/h4-10,14,23H,11-12H2,1-3H3. The zero-order valence-corrected chi connectivity index (χ0v) is 15.3. The van der Waals surface area contributed by atoms with E-state index in [1.807, 2.05) is 55.5 Å². The minimum atomic E-state index is 0.653. The van der Waals surface area contributed by atoms with Gasteiger partial charge in [-0.1, -0.05) is 24.3 Å². The van der Waals surface area contributed by atoms with Crippen molar-refractivity contribution in [2.45, 2.75) is 6.42 Å². The van der Waals surface area contributed by atoms with Crippen LogP contribution in [0.25, 0.3) is 10.8 Å². The molecule has 0 radical (unpaired) electrons. The summed E-state index contributed by atoms with van der Waals surface area (Å²) in [5.41, 5.74) is 2.76. The van der Waals surface area contributed by atoms with Crippen LogP contribution in [0.1, 0.15) is 11.1 Å². The van der Waals surface area contributed by atoms with Crippen molar-refractivity contribution >= 4 is 22.3 Å². The quantitative estimate of drug-likeness (QED) is 0.735. The monoisotopic (exact) mass is 346 g/mol. The summed E-state index contributed by atoms with van der Waals surface area (Å²) in [6.07, 6.45) is 2.68. The molecule has 0 amide bonds. The maximum absolute atomic E-state index is 9.52. The fourth-order valence-corrected chi connectivity index (χ4v) is 3.01. The third-order valence-corrected chi connectivity index (χ3v) is 4.32. The van der Waals surface area contributed by atoms with Crippen molar-refractivity contribution in [2.24, 2.45) is 0 Å². The van der Waals surface area contributed by atoms with Gasteiger partial charge in [-0.05, 0) is 30.2 Å². The molecule has 0 saturated carbocycles. The number of nitrogens with zero attached hydrogens (tertiary/aromatic N) is 3. The number of pyridine rings is 1. The van der Waals surface area contributed by atoms with Crippen molar-refractivity contribution in [1.29, 1.82) is 5.26 Å². The Kier molecular flexibility index (Phi) is 5.23. The van der Waals surface area contributed by atoms with Crippen molar-refractivity contribution in [3.05, 3.63) is 59.8 Å². The molecular weight excluding hydrogens is 324 g/mol. The first-order valence-electron chi connectivity index (χ1n) is 8.50. The second-order valence-corrected chi connectivity index (χ2v) is 6.25. The van der Waals surface area contributed by atoms with E-state index < -0.39 is 0 Å². The van der Waals surface area contributed by atoms with Gasteiger partial charge >= 0.3 is 0 Å². The molecule has 5 heteroatoms. The summed E-state index contributed by atoms with van der Waals surface area (Å²) in [4.78, 5) is 6.53. The summed E-state index contributed by atoms with van der Waals surface area (Å²) < 4.78 is 5.19. The third kappa shape index (κ3) is 3.55. The van der Waals surface area contributed by atoms with Crippen molar-refractivity contribution in [2.75, 3.05) is 38.0 Å². The first kappa shape index (κ1) is 17.6. The van der Waals surface area contributed by atoms with Crippen molar-refractivity contribution in [3.63, 3.8) is 0 Å². The molecule has 0 spiro atoms. The van der Waals surface area contributed by atoms with Crippen LogP contribution in [0.5, 0.6) is 5.75 Å². The van der Waals surface area contributed by atoms with E-state index in [1.165, 1.54) is 5.56 Å². The van der Waals surface area contributed by atoms with E-state index in [0.717, 1.165) is 41.0 Å². The number of fused-ring (bicyclic) bond motifs is 1. The van der Waals surface area contributed by atoms with Gasteiger partial charge in [0.05, 0.1) is 30.6 Å². The Morgan fingerprint density at radius 3 is 2.58 bits per heavy atom. The van der Waals surface area contributed by atoms with Crippen LogP contribution in [0, 0.1) is 11.3 Å². The Morgan fingerprint density at radius 2 is 1.92 bits per heavy atom. The molecule has 3 rings (SSSR count). The summed E-state index contributed by atoms with van der Waals surface area (Å²) in [7, 11) is 5.58. The lowest BCUT2D eigenvalue weighted by molar-refractivity contribution is 0.414. The molecule has 0 aliphatic heterocycles. The van der Waals surface area contributed by atoms with Crippen LogP contribution in [0.4, 0.5) is 11.5 Å². The number of nitriles is 1. The molecule has 2 aromatic carbocycles. The van der Waals surface area contributed by atoms with Crippen LogP contribution in [-0.4, -0.2) is 32.7 Å². The highest BCUT2D eigenvalue weighted by atomic mass is 16.5. The second-order valence-electron chi connectivity index (χ2n) is 6.25. The highest BCUT2D eigenvalue weighted by molar-refractivity contribution is 6.03. The van der Waals surface area contributed by atoms with Crippen LogP contribution in [0.15, 0.2) is 48.7 Å². The number of anilines is 2.